The van der Waals surface area contributed by atoms with Crippen molar-refractivity contribution in [1.29, 1.82) is 0 Å². The van der Waals surface area contributed by atoms with E-state index in [9.17, 15) is 4.79 Å². The molecule has 3 nitrogen and oxygen atoms in total. The van der Waals surface area contributed by atoms with Crippen LogP contribution < -0.4 is 5.56 Å². The molecule has 5 heteroatoms. The minimum atomic E-state index is 0. The molecule has 0 unspecified atom stereocenters. The minimum absolute atomic E-state index is 0. The monoisotopic (exact) mass is 346 g/mol. The SMILES string of the molecule is Br.Cc1nc2ccccc2c(=O)n1CCBr. The zero-order valence-electron chi connectivity index (χ0n) is 8.81. The number of para-hydroxylation sites is 1. The van der Waals surface area contributed by atoms with Crippen LogP contribution in [0, 0.1) is 6.92 Å². The number of hydrogen-bond donors (Lipinski definition) is 0. The number of aromatic nitrogens is 2. The summed E-state index contributed by atoms with van der Waals surface area (Å²) in [5.41, 5.74) is 0.809. The molecule has 2 rings (SSSR count). The van der Waals surface area contributed by atoms with Crippen LogP contribution in [0.25, 0.3) is 10.9 Å². The van der Waals surface area contributed by atoms with Gasteiger partial charge < -0.3 is 0 Å². The molecule has 0 amide bonds. The molecule has 1 aromatic carbocycles. The first-order valence-corrected chi connectivity index (χ1v) is 5.88. The van der Waals surface area contributed by atoms with Gasteiger partial charge in [-0.15, -0.1) is 17.0 Å². The normalized spacial score (nSPS) is 10.1. The number of alkyl halides is 1. The zero-order valence-corrected chi connectivity index (χ0v) is 12.1. The highest BCUT2D eigenvalue weighted by Crippen LogP contribution is 2.07. The van der Waals surface area contributed by atoms with E-state index in [1.807, 2.05) is 31.2 Å². The van der Waals surface area contributed by atoms with E-state index in [-0.39, 0.29) is 22.5 Å². The fourth-order valence-electron chi connectivity index (χ4n) is 1.63. The third-order valence-electron chi connectivity index (χ3n) is 2.36. The molecule has 0 saturated carbocycles. The van der Waals surface area contributed by atoms with Crippen LogP contribution in [0.4, 0.5) is 0 Å². The largest absolute Gasteiger partial charge is 0.296 e. The van der Waals surface area contributed by atoms with Gasteiger partial charge >= 0.3 is 0 Å². The van der Waals surface area contributed by atoms with E-state index >= 15 is 0 Å². The van der Waals surface area contributed by atoms with Gasteiger partial charge in [0.25, 0.3) is 5.56 Å². The van der Waals surface area contributed by atoms with Crippen molar-refractivity contribution < 1.29 is 0 Å². The van der Waals surface area contributed by atoms with Gasteiger partial charge in [-0.05, 0) is 19.1 Å². The number of halogens is 2. The molecule has 2 aromatic rings. The molecule has 0 N–H and O–H groups in total. The van der Waals surface area contributed by atoms with Crippen LogP contribution >= 0.6 is 32.9 Å². The second-order valence-electron chi connectivity index (χ2n) is 3.32. The predicted molar refractivity (Wildman–Crippen MR) is 74.9 cm³/mol. The van der Waals surface area contributed by atoms with Crippen LogP contribution in [-0.2, 0) is 6.54 Å². The van der Waals surface area contributed by atoms with Crippen LogP contribution in [0.15, 0.2) is 29.1 Å². The zero-order chi connectivity index (χ0) is 10.8. The molecule has 0 bridgehead atoms. The van der Waals surface area contributed by atoms with E-state index in [4.69, 9.17) is 0 Å². The van der Waals surface area contributed by atoms with Gasteiger partial charge in [0.1, 0.15) is 5.82 Å². The van der Waals surface area contributed by atoms with E-state index in [1.54, 1.807) is 4.57 Å². The van der Waals surface area contributed by atoms with Crippen molar-refractivity contribution in [2.45, 2.75) is 13.5 Å². The van der Waals surface area contributed by atoms with Gasteiger partial charge in [-0.1, -0.05) is 28.1 Å². The first-order chi connectivity index (χ1) is 7.24. The van der Waals surface area contributed by atoms with Crippen molar-refractivity contribution in [2.24, 2.45) is 0 Å². The number of nitrogens with zero attached hydrogens (tertiary/aromatic N) is 2. The van der Waals surface area contributed by atoms with Gasteiger partial charge in [0.05, 0.1) is 10.9 Å². The summed E-state index contributed by atoms with van der Waals surface area (Å²) in [6.07, 6.45) is 0. The Labute approximate surface area is 112 Å². The van der Waals surface area contributed by atoms with E-state index in [1.165, 1.54) is 0 Å². The third kappa shape index (κ3) is 2.35. The minimum Gasteiger partial charge on any atom is -0.296 e. The van der Waals surface area contributed by atoms with Gasteiger partial charge in [-0.25, -0.2) is 4.98 Å². The topological polar surface area (TPSA) is 34.9 Å². The van der Waals surface area contributed by atoms with Crippen LogP contribution in [0.5, 0.6) is 0 Å². The summed E-state index contributed by atoms with van der Waals surface area (Å²) in [6.45, 7) is 2.51. The number of hydrogen-bond acceptors (Lipinski definition) is 2. The Hall–Kier alpha value is -0.680. The Morgan fingerprint density at radius 1 is 1.38 bits per heavy atom. The number of benzene rings is 1. The molecule has 0 radical (unpaired) electrons. The molecule has 0 fully saturated rings. The summed E-state index contributed by atoms with van der Waals surface area (Å²) in [4.78, 5) is 16.4. The summed E-state index contributed by atoms with van der Waals surface area (Å²) in [6, 6.07) is 7.43. The molecule has 0 saturated heterocycles. The van der Waals surface area contributed by atoms with Crippen molar-refractivity contribution in [2.75, 3.05) is 5.33 Å². The molecule has 0 atom stereocenters. The second-order valence-corrected chi connectivity index (χ2v) is 4.11. The van der Waals surface area contributed by atoms with Gasteiger partial charge in [-0.3, -0.25) is 9.36 Å². The van der Waals surface area contributed by atoms with Crippen molar-refractivity contribution in [3.8, 4) is 0 Å². The van der Waals surface area contributed by atoms with Crippen molar-refractivity contribution in [3.05, 3.63) is 40.4 Å². The quantitative estimate of drug-likeness (QED) is 0.783. The fourth-order valence-corrected chi connectivity index (χ4v) is 1.98. The van der Waals surface area contributed by atoms with Crippen LogP contribution in [-0.4, -0.2) is 14.9 Å². The Morgan fingerprint density at radius 2 is 2.06 bits per heavy atom. The summed E-state index contributed by atoms with van der Waals surface area (Å²) >= 11 is 3.33. The molecular weight excluding hydrogens is 336 g/mol. The number of fused-ring (bicyclic) bond motifs is 1. The Kier molecular flexibility index (Phi) is 4.68. The maximum atomic E-state index is 12.0. The third-order valence-corrected chi connectivity index (χ3v) is 2.72. The molecule has 0 spiro atoms. The van der Waals surface area contributed by atoms with E-state index < -0.39 is 0 Å². The highest BCUT2D eigenvalue weighted by Gasteiger charge is 2.05. The second kappa shape index (κ2) is 5.59. The van der Waals surface area contributed by atoms with E-state index in [0.717, 1.165) is 16.7 Å². The maximum Gasteiger partial charge on any atom is 0.261 e. The Balaban J connectivity index is 0.00000128. The van der Waals surface area contributed by atoms with Crippen molar-refractivity contribution >= 4 is 43.8 Å². The molecule has 16 heavy (non-hydrogen) atoms. The molecule has 0 aliphatic rings. The van der Waals surface area contributed by atoms with Gasteiger partial charge in [0.2, 0.25) is 0 Å². The maximum absolute atomic E-state index is 12.0. The lowest BCUT2D eigenvalue weighted by molar-refractivity contribution is 0.695. The van der Waals surface area contributed by atoms with Gasteiger partial charge in [0, 0.05) is 11.9 Å². The lowest BCUT2D eigenvalue weighted by Gasteiger charge is -2.08. The van der Waals surface area contributed by atoms with Crippen molar-refractivity contribution in [3.63, 3.8) is 0 Å². The first-order valence-electron chi connectivity index (χ1n) is 4.76. The average molecular weight is 348 g/mol. The highest BCUT2D eigenvalue weighted by molar-refractivity contribution is 9.09. The van der Waals surface area contributed by atoms with Gasteiger partial charge in [-0.2, -0.15) is 0 Å². The van der Waals surface area contributed by atoms with E-state index in [0.29, 0.717) is 11.9 Å². The molecule has 0 aliphatic heterocycles. The van der Waals surface area contributed by atoms with E-state index in [2.05, 4.69) is 20.9 Å². The fraction of sp³-hybridized carbons (Fsp3) is 0.273. The summed E-state index contributed by atoms with van der Waals surface area (Å²) < 4.78 is 1.69. The molecule has 86 valence electrons. The lowest BCUT2D eigenvalue weighted by atomic mass is 10.2. The number of aryl methyl sites for hydroxylation is 1. The first kappa shape index (κ1) is 13.4. The summed E-state index contributed by atoms with van der Waals surface area (Å²) in [5.74, 6) is 0.762. The van der Waals surface area contributed by atoms with Crippen molar-refractivity contribution in [1.82, 2.24) is 9.55 Å². The molecule has 1 heterocycles. The Bertz CT molecular complexity index is 551. The molecule has 0 aliphatic carbocycles. The van der Waals surface area contributed by atoms with Crippen LogP contribution in [0.2, 0.25) is 0 Å². The summed E-state index contributed by atoms with van der Waals surface area (Å²) in [7, 11) is 0. The number of rotatable bonds is 2. The Morgan fingerprint density at radius 3 is 2.75 bits per heavy atom. The average Bonchev–Trinajstić information content (AvgIpc) is 2.24. The lowest BCUT2D eigenvalue weighted by Crippen LogP contribution is -2.24. The standard InChI is InChI=1S/C11H11BrN2O.BrH/c1-8-13-10-5-3-2-4-9(10)11(15)14(8)7-6-12;/h2-5H,6-7H2,1H3;1H. The predicted octanol–water partition coefficient (Wildman–Crippen LogP) is 2.68. The molecular formula is C11H12Br2N2O. The van der Waals surface area contributed by atoms with Gasteiger partial charge in [0.15, 0.2) is 0 Å². The summed E-state index contributed by atoms with van der Waals surface area (Å²) in [5, 5.41) is 1.44. The van der Waals surface area contributed by atoms with Crippen LogP contribution in [0.3, 0.4) is 0 Å². The highest BCUT2D eigenvalue weighted by atomic mass is 79.9. The van der Waals surface area contributed by atoms with Crippen LogP contribution in [0.1, 0.15) is 5.82 Å². The smallest absolute Gasteiger partial charge is 0.261 e. The molecule has 1 aromatic heterocycles.